The Morgan fingerprint density at radius 3 is 2.05 bits per heavy atom. The first-order valence-corrected chi connectivity index (χ1v) is 6.83. The number of halogens is 2. The van der Waals surface area contributed by atoms with Crippen molar-refractivity contribution in [2.75, 3.05) is 12.4 Å². The summed E-state index contributed by atoms with van der Waals surface area (Å²) in [5.41, 5.74) is 0.700. The molecule has 0 aliphatic carbocycles. The molecule has 0 heterocycles. The molecule has 5 nitrogen and oxygen atoms in total. The van der Waals surface area contributed by atoms with Crippen molar-refractivity contribution in [1.29, 1.82) is 0 Å². The number of carbonyl (C=O) groups excluding carboxylic acids is 2. The average Bonchev–Trinajstić information content (AvgIpc) is 2.47. The van der Waals surface area contributed by atoms with E-state index in [0.717, 1.165) is 0 Å². The largest absolute Gasteiger partial charge is 0.545 e. The lowest BCUT2D eigenvalue weighted by Crippen LogP contribution is -2.22. The molecule has 114 valence electrons. The summed E-state index contributed by atoms with van der Waals surface area (Å²) >= 11 is 12.0. The standard InChI is InChI=1S/C15H11Cl2NO4/c1-22-13-11(16)6-9(7-12(13)17)14(19)18-10-4-2-8(3-5-10)15(20)21/h2-7H,1H3,(H,18,19)(H,20,21)/p-1. The zero-order chi connectivity index (χ0) is 16.3. The van der Waals surface area contributed by atoms with E-state index in [2.05, 4.69) is 5.32 Å². The van der Waals surface area contributed by atoms with Crippen molar-refractivity contribution >= 4 is 40.8 Å². The summed E-state index contributed by atoms with van der Waals surface area (Å²) in [6, 6.07) is 8.43. The number of aromatic carboxylic acids is 1. The highest BCUT2D eigenvalue weighted by molar-refractivity contribution is 6.37. The number of hydrogen-bond acceptors (Lipinski definition) is 4. The lowest BCUT2D eigenvalue weighted by atomic mass is 10.1. The lowest BCUT2D eigenvalue weighted by molar-refractivity contribution is -0.255. The van der Waals surface area contributed by atoms with Gasteiger partial charge in [-0.2, -0.15) is 0 Å². The van der Waals surface area contributed by atoms with Gasteiger partial charge in [0.1, 0.15) is 0 Å². The maximum atomic E-state index is 12.1. The highest BCUT2D eigenvalue weighted by atomic mass is 35.5. The number of benzene rings is 2. The number of rotatable bonds is 4. The van der Waals surface area contributed by atoms with Crippen LogP contribution in [0.5, 0.6) is 5.75 Å². The topological polar surface area (TPSA) is 78.5 Å². The summed E-state index contributed by atoms with van der Waals surface area (Å²) in [6.07, 6.45) is 0. The Labute approximate surface area is 136 Å². The second-order valence-electron chi connectivity index (χ2n) is 4.29. The molecule has 1 amide bonds. The Balaban J connectivity index is 2.20. The molecule has 2 aromatic rings. The van der Waals surface area contributed by atoms with Crippen LogP contribution in [0.2, 0.25) is 10.0 Å². The summed E-state index contributed by atoms with van der Waals surface area (Å²) < 4.78 is 5.01. The molecule has 0 saturated heterocycles. The quantitative estimate of drug-likeness (QED) is 0.929. The van der Waals surface area contributed by atoms with Crippen LogP contribution in [0.25, 0.3) is 0 Å². The molecule has 0 aliphatic heterocycles. The van der Waals surface area contributed by atoms with Crippen LogP contribution >= 0.6 is 23.2 Å². The van der Waals surface area contributed by atoms with Crippen molar-refractivity contribution in [3.63, 3.8) is 0 Å². The number of carbonyl (C=O) groups is 2. The fraction of sp³-hybridized carbons (Fsp3) is 0.0667. The van der Waals surface area contributed by atoms with Crippen molar-refractivity contribution in [2.24, 2.45) is 0 Å². The van der Waals surface area contributed by atoms with Gasteiger partial charge in [0.25, 0.3) is 5.91 Å². The molecule has 2 rings (SSSR count). The van der Waals surface area contributed by atoms with E-state index in [1.807, 2.05) is 0 Å². The first-order valence-electron chi connectivity index (χ1n) is 6.08. The molecule has 0 spiro atoms. The fourth-order valence-electron chi connectivity index (χ4n) is 1.78. The molecule has 1 N–H and O–H groups in total. The minimum Gasteiger partial charge on any atom is -0.545 e. The smallest absolute Gasteiger partial charge is 0.255 e. The van der Waals surface area contributed by atoms with E-state index < -0.39 is 11.9 Å². The maximum Gasteiger partial charge on any atom is 0.255 e. The molecule has 0 radical (unpaired) electrons. The fourth-order valence-corrected chi connectivity index (χ4v) is 2.42. The molecular formula is C15H10Cl2NO4-. The van der Waals surface area contributed by atoms with Crippen LogP contribution in [-0.4, -0.2) is 19.0 Å². The third-order valence-electron chi connectivity index (χ3n) is 2.84. The third-order valence-corrected chi connectivity index (χ3v) is 3.40. The molecule has 2 aromatic carbocycles. The molecule has 22 heavy (non-hydrogen) atoms. The number of ether oxygens (including phenoxy) is 1. The number of methoxy groups -OCH3 is 1. The highest BCUT2D eigenvalue weighted by Crippen LogP contribution is 2.34. The van der Waals surface area contributed by atoms with E-state index in [0.29, 0.717) is 5.69 Å². The van der Waals surface area contributed by atoms with Crippen LogP contribution in [-0.2, 0) is 0 Å². The van der Waals surface area contributed by atoms with Gasteiger partial charge in [-0.3, -0.25) is 4.79 Å². The number of nitrogens with one attached hydrogen (secondary N) is 1. The Bertz CT molecular complexity index is 706. The summed E-state index contributed by atoms with van der Waals surface area (Å²) in [6.45, 7) is 0. The normalized spacial score (nSPS) is 10.1. The van der Waals surface area contributed by atoms with Crippen LogP contribution in [0.4, 0.5) is 5.69 Å². The van der Waals surface area contributed by atoms with Gasteiger partial charge < -0.3 is 20.0 Å². The SMILES string of the molecule is COc1c(Cl)cc(C(=O)Nc2ccc(C(=O)[O-])cc2)cc1Cl. The van der Waals surface area contributed by atoms with Gasteiger partial charge in [-0.1, -0.05) is 35.3 Å². The molecule has 0 saturated carbocycles. The predicted molar refractivity (Wildman–Crippen MR) is 81.7 cm³/mol. The lowest BCUT2D eigenvalue weighted by Gasteiger charge is -2.10. The van der Waals surface area contributed by atoms with Gasteiger partial charge in [0.05, 0.1) is 23.1 Å². The van der Waals surface area contributed by atoms with Gasteiger partial charge in [0.15, 0.2) is 5.75 Å². The number of hydrogen-bond donors (Lipinski definition) is 1. The van der Waals surface area contributed by atoms with Crippen molar-refractivity contribution in [3.05, 3.63) is 57.6 Å². The predicted octanol–water partition coefficient (Wildman–Crippen LogP) is 2.62. The van der Waals surface area contributed by atoms with E-state index in [9.17, 15) is 14.7 Å². The van der Waals surface area contributed by atoms with Gasteiger partial charge in [0.2, 0.25) is 0 Å². The highest BCUT2D eigenvalue weighted by Gasteiger charge is 2.13. The third kappa shape index (κ3) is 3.50. The summed E-state index contributed by atoms with van der Waals surface area (Å²) in [5, 5.41) is 13.7. The molecule has 0 bridgehead atoms. The number of amides is 1. The monoisotopic (exact) mass is 338 g/mol. The summed E-state index contributed by atoms with van der Waals surface area (Å²) in [4.78, 5) is 22.8. The van der Waals surface area contributed by atoms with Gasteiger partial charge in [0, 0.05) is 11.3 Å². The van der Waals surface area contributed by atoms with Gasteiger partial charge in [-0.25, -0.2) is 0 Å². The van der Waals surface area contributed by atoms with Gasteiger partial charge in [-0.05, 0) is 29.8 Å². The van der Waals surface area contributed by atoms with E-state index in [4.69, 9.17) is 27.9 Å². The summed E-state index contributed by atoms with van der Waals surface area (Å²) in [5.74, 6) is -1.43. The first kappa shape index (κ1) is 16.1. The van der Waals surface area contributed by atoms with Gasteiger partial charge >= 0.3 is 0 Å². The Morgan fingerprint density at radius 1 is 1.05 bits per heavy atom. The number of anilines is 1. The van der Waals surface area contributed by atoms with Crippen molar-refractivity contribution in [1.82, 2.24) is 0 Å². The van der Waals surface area contributed by atoms with Crippen LogP contribution in [0.1, 0.15) is 20.7 Å². The number of carboxylic acid groups (broad SMARTS) is 1. The van der Waals surface area contributed by atoms with E-state index in [-0.39, 0.29) is 26.9 Å². The van der Waals surface area contributed by atoms with Crippen LogP contribution in [0, 0.1) is 0 Å². The second kappa shape index (κ2) is 6.68. The second-order valence-corrected chi connectivity index (χ2v) is 5.11. The zero-order valence-electron chi connectivity index (χ0n) is 11.4. The Morgan fingerprint density at radius 2 is 1.59 bits per heavy atom. The van der Waals surface area contributed by atoms with E-state index in [1.165, 1.54) is 43.5 Å². The van der Waals surface area contributed by atoms with Crippen LogP contribution in [0.3, 0.4) is 0 Å². The van der Waals surface area contributed by atoms with E-state index in [1.54, 1.807) is 0 Å². The molecule has 0 aromatic heterocycles. The molecular weight excluding hydrogens is 329 g/mol. The minimum atomic E-state index is -1.29. The Hall–Kier alpha value is -2.24. The average molecular weight is 339 g/mol. The molecule has 0 fully saturated rings. The number of carboxylic acids is 1. The van der Waals surface area contributed by atoms with Crippen molar-refractivity contribution in [3.8, 4) is 5.75 Å². The Kier molecular flexibility index (Phi) is 4.90. The van der Waals surface area contributed by atoms with Gasteiger partial charge in [-0.15, -0.1) is 0 Å². The summed E-state index contributed by atoms with van der Waals surface area (Å²) in [7, 11) is 1.42. The van der Waals surface area contributed by atoms with Crippen molar-refractivity contribution < 1.29 is 19.4 Å². The molecule has 0 atom stereocenters. The maximum absolute atomic E-state index is 12.1. The molecule has 7 heteroatoms. The first-order chi connectivity index (χ1) is 10.4. The van der Waals surface area contributed by atoms with Crippen LogP contribution in [0.15, 0.2) is 36.4 Å². The van der Waals surface area contributed by atoms with Crippen LogP contribution < -0.4 is 15.2 Å². The zero-order valence-corrected chi connectivity index (χ0v) is 12.9. The van der Waals surface area contributed by atoms with E-state index >= 15 is 0 Å². The minimum absolute atomic E-state index is 0.0218. The van der Waals surface area contributed by atoms with Crippen molar-refractivity contribution in [2.45, 2.75) is 0 Å². The molecule has 0 unspecified atom stereocenters. The molecule has 0 aliphatic rings.